The van der Waals surface area contributed by atoms with E-state index in [1.807, 2.05) is 0 Å². The van der Waals surface area contributed by atoms with Crippen LogP contribution in [0.3, 0.4) is 0 Å². The Kier molecular flexibility index (Phi) is 4.21. The predicted octanol–water partition coefficient (Wildman–Crippen LogP) is 1.37. The minimum Gasteiger partial charge on any atom is -0.493 e. The van der Waals surface area contributed by atoms with Gasteiger partial charge in [0, 0.05) is 13.1 Å². The van der Waals surface area contributed by atoms with Crippen molar-refractivity contribution in [2.45, 2.75) is 6.54 Å². The molecule has 0 saturated carbocycles. The molecular weight excluding hydrogens is 278 g/mol. The fourth-order valence-corrected chi connectivity index (χ4v) is 1.93. The van der Waals surface area contributed by atoms with Gasteiger partial charge in [-0.3, -0.25) is 15.2 Å². The van der Waals surface area contributed by atoms with Crippen LogP contribution in [0.4, 0.5) is 11.4 Å². The number of H-pyrrole nitrogens is 1. The van der Waals surface area contributed by atoms with E-state index in [4.69, 9.17) is 9.47 Å². The Labute approximate surface area is 120 Å². The van der Waals surface area contributed by atoms with Crippen LogP contribution < -0.4 is 14.4 Å². The summed E-state index contributed by atoms with van der Waals surface area (Å²) in [4.78, 5) is 16.5. The van der Waals surface area contributed by atoms with E-state index in [1.165, 1.54) is 26.6 Å². The summed E-state index contributed by atoms with van der Waals surface area (Å²) in [5.41, 5.74) is 0.323. The molecule has 0 aliphatic rings. The molecule has 0 radical (unpaired) electrons. The molecule has 1 N–H and O–H groups in total. The second kappa shape index (κ2) is 6.07. The van der Waals surface area contributed by atoms with Crippen LogP contribution in [-0.2, 0) is 6.54 Å². The molecule has 0 saturated heterocycles. The van der Waals surface area contributed by atoms with Gasteiger partial charge >= 0.3 is 0 Å². The largest absolute Gasteiger partial charge is 0.493 e. The molecule has 0 unspecified atom stereocenters. The maximum Gasteiger partial charge on any atom is 0.296 e. The number of hydrogen-bond acceptors (Lipinski definition) is 7. The number of methoxy groups -OCH3 is 2. The fraction of sp³-hybridized carbons (Fsp3) is 0.333. The molecule has 1 aromatic carbocycles. The number of hydrogen-bond donors (Lipinski definition) is 1. The van der Waals surface area contributed by atoms with E-state index in [-0.39, 0.29) is 5.69 Å². The van der Waals surface area contributed by atoms with E-state index in [0.717, 1.165) is 0 Å². The zero-order valence-electron chi connectivity index (χ0n) is 11.9. The Morgan fingerprint density at radius 2 is 2.00 bits per heavy atom. The number of aromatic amines is 1. The molecule has 9 nitrogen and oxygen atoms in total. The number of nitrogens with one attached hydrogen (secondary N) is 1. The monoisotopic (exact) mass is 293 g/mol. The normalized spacial score (nSPS) is 10.2. The maximum atomic E-state index is 11.2. The molecule has 1 heterocycles. The van der Waals surface area contributed by atoms with Gasteiger partial charge in [0.15, 0.2) is 11.5 Å². The molecule has 9 heteroatoms. The van der Waals surface area contributed by atoms with E-state index in [1.54, 1.807) is 18.0 Å². The highest BCUT2D eigenvalue weighted by Gasteiger charge is 2.22. The lowest BCUT2D eigenvalue weighted by atomic mass is 10.2. The summed E-state index contributed by atoms with van der Waals surface area (Å²) in [6.07, 6.45) is 1.38. The standard InChI is InChI=1S/C12H15N5O4/c1-16(6-12-13-7-14-15-12)8-4-10(20-2)11(21-3)5-9(8)17(18)19/h4-5,7H,6H2,1-3H3,(H,13,14,15). The third-order valence-corrected chi connectivity index (χ3v) is 2.94. The summed E-state index contributed by atoms with van der Waals surface area (Å²) in [5.74, 6) is 1.32. The van der Waals surface area contributed by atoms with Crippen molar-refractivity contribution in [3.8, 4) is 11.5 Å². The van der Waals surface area contributed by atoms with Crippen molar-refractivity contribution in [1.82, 2.24) is 15.2 Å². The topological polar surface area (TPSA) is 106 Å². The molecule has 112 valence electrons. The highest BCUT2D eigenvalue weighted by Crippen LogP contribution is 2.39. The van der Waals surface area contributed by atoms with E-state index in [2.05, 4.69) is 15.2 Å². The number of aromatic nitrogens is 3. The van der Waals surface area contributed by atoms with Gasteiger partial charge in [-0.2, -0.15) is 5.10 Å². The van der Waals surface area contributed by atoms with Crippen LogP contribution in [0.5, 0.6) is 11.5 Å². The lowest BCUT2D eigenvalue weighted by molar-refractivity contribution is -0.384. The molecule has 0 aliphatic carbocycles. The molecule has 1 aromatic heterocycles. The van der Waals surface area contributed by atoms with Crippen LogP contribution in [0.15, 0.2) is 18.5 Å². The molecule has 21 heavy (non-hydrogen) atoms. The molecule has 0 atom stereocenters. The SMILES string of the molecule is COc1cc(N(C)Cc2ncn[nH]2)c([N+](=O)[O-])cc1OC. The van der Waals surface area contributed by atoms with Crippen LogP contribution >= 0.6 is 0 Å². The van der Waals surface area contributed by atoms with Crippen LogP contribution in [0, 0.1) is 10.1 Å². The smallest absolute Gasteiger partial charge is 0.296 e. The van der Waals surface area contributed by atoms with Crippen LogP contribution in [0.1, 0.15) is 5.82 Å². The summed E-state index contributed by atoms with van der Waals surface area (Å²) in [6.45, 7) is 0.344. The average molecular weight is 293 g/mol. The molecule has 0 amide bonds. The Bertz CT molecular complexity index is 629. The van der Waals surface area contributed by atoms with Crippen molar-refractivity contribution < 1.29 is 14.4 Å². The second-order valence-electron chi connectivity index (χ2n) is 4.24. The third-order valence-electron chi connectivity index (χ3n) is 2.94. The van der Waals surface area contributed by atoms with Gasteiger partial charge in [-0.15, -0.1) is 0 Å². The first-order chi connectivity index (χ1) is 10.1. The molecule has 2 rings (SSSR count). The summed E-state index contributed by atoms with van der Waals surface area (Å²) in [6, 6.07) is 2.90. The highest BCUT2D eigenvalue weighted by molar-refractivity contribution is 5.69. The minimum absolute atomic E-state index is 0.0744. The first kappa shape index (κ1) is 14.6. The van der Waals surface area contributed by atoms with Crippen molar-refractivity contribution in [1.29, 1.82) is 0 Å². The first-order valence-electron chi connectivity index (χ1n) is 6.02. The number of nitro groups is 1. The van der Waals surface area contributed by atoms with Crippen LogP contribution in [0.2, 0.25) is 0 Å². The molecule has 2 aromatic rings. The number of ether oxygens (including phenoxy) is 2. The Morgan fingerprint density at radius 1 is 1.33 bits per heavy atom. The summed E-state index contributed by atoms with van der Waals surface area (Å²) < 4.78 is 10.3. The molecule has 0 fully saturated rings. The highest BCUT2D eigenvalue weighted by atomic mass is 16.6. The minimum atomic E-state index is -0.464. The third kappa shape index (κ3) is 3.02. The number of anilines is 1. The Hall–Kier alpha value is -2.84. The summed E-state index contributed by atoms with van der Waals surface area (Å²) in [7, 11) is 4.63. The zero-order chi connectivity index (χ0) is 15.4. The van der Waals surface area contributed by atoms with Gasteiger partial charge in [0.05, 0.1) is 31.8 Å². The van der Waals surface area contributed by atoms with Crippen molar-refractivity contribution in [2.75, 3.05) is 26.2 Å². The zero-order valence-corrected chi connectivity index (χ0v) is 11.9. The second-order valence-corrected chi connectivity index (χ2v) is 4.24. The number of nitro benzene ring substituents is 1. The first-order valence-corrected chi connectivity index (χ1v) is 6.02. The predicted molar refractivity (Wildman–Crippen MR) is 74.7 cm³/mol. The van der Waals surface area contributed by atoms with Gasteiger partial charge in [-0.25, -0.2) is 4.98 Å². The molecule has 0 aliphatic heterocycles. The maximum absolute atomic E-state index is 11.2. The van der Waals surface area contributed by atoms with Gasteiger partial charge in [0.2, 0.25) is 0 Å². The lowest BCUT2D eigenvalue weighted by Crippen LogP contribution is -2.18. The Balaban J connectivity index is 2.42. The lowest BCUT2D eigenvalue weighted by Gasteiger charge is -2.19. The van der Waals surface area contributed by atoms with Crippen LogP contribution in [-0.4, -0.2) is 41.4 Å². The van der Waals surface area contributed by atoms with Gasteiger partial charge in [-0.1, -0.05) is 0 Å². The molecule has 0 bridgehead atoms. The van der Waals surface area contributed by atoms with Crippen molar-refractivity contribution in [2.24, 2.45) is 0 Å². The number of rotatable bonds is 6. The van der Waals surface area contributed by atoms with Crippen LogP contribution in [0.25, 0.3) is 0 Å². The fourth-order valence-electron chi connectivity index (χ4n) is 1.93. The van der Waals surface area contributed by atoms with Gasteiger partial charge in [0.25, 0.3) is 5.69 Å². The van der Waals surface area contributed by atoms with E-state index < -0.39 is 4.92 Å². The number of benzene rings is 1. The van der Waals surface area contributed by atoms with Crippen molar-refractivity contribution in [3.63, 3.8) is 0 Å². The van der Waals surface area contributed by atoms with Gasteiger partial charge in [-0.05, 0) is 0 Å². The molecular formula is C12H15N5O4. The average Bonchev–Trinajstić information content (AvgIpc) is 2.98. The van der Waals surface area contributed by atoms with E-state index >= 15 is 0 Å². The van der Waals surface area contributed by atoms with Crippen molar-refractivity contribution >= 4 is 11.4 Å². The van der Waals surface area contributed by atoms with Gasteiger partial charge < -0.3 is 14.4 Å². The number of nitrogens with zero attached hydrogens (tertiary/aromatic N) is 4. The van der Waals surface area contributed by atoms with E-state index in [0.29, 0.717) is 29.6 Å². The molecule has 0 spiro atoms. The summed E-state index contributed by atoms with van der Waals surface area (Å²) in [5, 5.41) is 17.7. The van der Waals surface area contributed by atoms with E-state index in [9.17, 15) is 10.1 Å². The Morgan fingerprint density at radius 3 is 2.52 bits per heavy atom. The summed E-state index contributed by atoms with van der Waals surface area (Å²) >= 11 is 0. The van der Waals surface area contributed by atoms with Crippen molar-refractivity contribution in [3.05, 3.63) is 34.4 Å². The quantitative estimate of drug-likeness (QED) is 0.633. The van der Waals surface area contributed by atoms with Gasteiger partial charge in [0.1, 0.15) is 17.8 Å².